The van der Waals surface area contributed by atoms with Gasteiger partial charge in [-0.15, -0.1) is 11.3 Å². The Balaban J connectivity index is 2.47. The summed E-state index contributed by atoms with van der Waals surface area (Å²) in [6.07, 6.45) is 0. The Labute approximate surface area is 90.9 Å². The lowest BCUT2D eigenvalue weighted by Gasteiger charge is -1.98. The molecule has 0 spiro atoms. The van der Waals surface area contributed by atoms with Crippen LogP contribution >= 0.6 is 11.3 Å². The molecule has 0 saturated carbocycles. The fraction of sp³-hybridized carbons (Fsp3) is 0.182. The zero-order valence-corrected chi connectivity index (χ0v) is 9.00. The van der Waals surface area contributed by atoms with Crippen molar-refractivity contribution in [1.29, 1.82) is 0 Å². The summed E-state index contributed by atoms with van der Waals surface area (Å²) in [7, 11) is 1.64. The van der Waals surface area contributed by atoms with Gasteiger partial charge in [0.25, 0.3) is 0 Å². The van der Waals surface area contributed by atoms with Crippen LogP contribution in [0.25, 0.3) is 10.1 Å². The number of carboxylic acid groups (broad SMARTS) is 1. The lowest BCUT2D eigenvalue weighted by atomic mass is 10.2. The van der Waals surface area contributed by atoms with E-state index in [9.17, 15) is 4.79 Å². The van der Waals surface area contributed by atoms with E-state index in [-0.39, 0.29) is 0 Å². The maximum Gasteiger partial charge on any atom is 0.345 e. The van der Waals surface area contributed by atoms with E-state index >= 15 is 0 Å². The molecule has 1 N–H and O–H groups in total. The maximum atomic E-state index is 10.8. The first kappa shape index (κ1) is 10.1. The fourth-order valence-electron chi connectivity index (χ4n) is 1.44. The Morgan fingerprint density at radius 2 is 2.27 bits per heavy atom. The van der Waals surface area contributed by atoms with Crippen LogP contribution in [-0.4, -0.2) is 18.2 Å². The van der Waals surface area contributed by atoms with Crippen LogP contribution in [0.1, 0.15) is 15.2 Å². The van der Waals surface area contributed by atoms with Crippen molar-refractivity contribution in [2.75, 3.05) is 7.11 Å². The summed E-state index contributed by atoms with van der Waals surface area (Å²) in [5, 5.41) is 9.81. The normalized spacial score (nSPS) is 10.7. The van der Waals surface area contributed by atoms with Gasteiger partial charge in [0.15, 0.2) is 0 Å². The van der Waals surface area contributed by atoms with Crippen molar-refractivity contribution in [3.8, 4) is 0 Å². The molecule has 0 saturated heterocycles. The van der Waals surface area contributed by atoms with Crippen molar-refractivity contribution in [3.63, 3.8) is 0 Å². The van der Waals surface area contributed by atoms with E-state index < -0.39 is 5.97 Å². The van der Waals surface area contributed by atoms with E-state index in [1.54, 1.807) is 13.2 Å². The maximum absolute atomic E-state index is 10.8. The summed E-state index contributed by atoms with van der Waals surface area (Å²) in [6, 6.07) is 7.53. The van der Waals surface area contributed by atoms with Crippen molar-refractivity contribution in [1.82, 2.24) is 0 Å². The Kier molecular flexibility index (Phi) is 2.70. The lowest BCUT2D eigenvalue weighted by Crippen LogP contribution is -1.89. The molecule has 1 aromatic carbocycles. The molecule has 15 heavy (non-hydrogen) atoms. The van der Waals surface area contributed by atoms with Gasteiger partial charge in [-0.1, -0.05) is 12.1 Å². The van der Waals surface area contributed by atoms with Gasteiger partial charge < -0.3 is 9.84 Å². The minimum absolute atomic E-state index is 0.375. The van der Waals surface area contributed by atoms with Crippen LogP contribution in [-0.2, 0) is 11.3 Å². The number of fused-ring (bicyclic) bond motifs is 1. The number of methoxy groups -OCH3 is 1. The molecular formula is C11H10O3S. The Hall–Kier alpha value is -1.39. The van der Waals surface area contributed by atoms with Crippen molar-refractivity contribution in [3.05, 3.63) is 34.7 Å². The third kappa shape index (κ3) is 2.00. The van der Waals surface area contributed by atoms with Crippen molar-refractivity contribution in [2.45, 2.75) is 6.61 Å². The molecule has 4 heteroatoms. The van der Waals surface area contributed by atoms with Crippen LogP contribution in [0.3, 0.4) is 0 Å². The van der Waals surface area contributed by atoms with Gasteiger partial charge in [0.1, 0.15) is 4.88 Å². The number of hydrogen-bond acceptors (Lipinski definition) is 3. The number of thiophene rings is 1. The molecule has 0 unspecified atom stereocenters. The molecule has 0 aliphatic heterocycles. The zero-order chi connectivity index (χ0) is 10.8. The topological polar surface area (TPSA) is 46.5 Å². The molecule has 78 valence electrons. The van der Waals surface area contributed by atoms with E-state index in [0.717, 1.165) is 15.6 Å². The largest absolute Gasteiger partial charge is 0.477 e. The number of hydrogen-bond donors (Lipinski definition) is 1. The predicted octanol–water partition coefficient (Wildman–Crippen LogP) is 2.75. The van der Waals surface area contributed by atoms with Crippen LogP contribution in [0.2, 0.25) is 0 Å². The average Bonchev–Trinajstić information content (AvgIpc) is 2.61. The lowest BCUT2D eigenvalue weighted by molar-refractivity contribution is 0.0702. The van der Waals surface area contributed by atoms with E-state index in [4.69, 9.17) is 9.84 Å². The second-order valence-electron chi connectivity index (χ2n) is 3.22. The SMILES string of the molecule is COCc1ccc2cc(C(=O)O)sc2c1. The standard InChI is InChI=1S/C11H10O3S/c1-14-6-7-2-3-8-5-10(11(12)13)15-9(8)4-7/h2-5H,6H2,1H3,(H,12,13). The molecule has 2 rings (SSSR count). The van der Waals surface area contributed by atoms with E-state index in [1.807, 2.05) is 18.2 Å². The summed E-state index contributed by atoms with van der Waals surface area (Å²) in [5.41, 5.74) is 1.06. The average molecular weight is 222 g/mol. The molecule has 0 atom stereocenters. The summed E-state index contributed by atoms with van der Waals surface area (Å²) >= 11 is 1.29. The van der Waals surface area contributed by atoms with Gasteiger partial charge in [0.05, 0.1) is 6.61 Å². The number of benzene rings is 1. The molecule has 1 aromatic heterocycles. The molecule has 0 bridgehead atoms. The minimum atomic E-state index is -0.871. The van der Waals surface area contributed by atoms with Crippen molar-refractivity contribution in [2.24, 2.45) is 0 Å². The first-order valence-corrected chi connectivity index (χ1v) is 5.27. The first-order chi connectivity index (χ1) is 7.20. The second kappa shape index (κ2) is 4.00. The molecule has 3 nitrogen and oxygen atoms in total. The molecule has 2 aromatic rings. The van der Waals surface area contributed by atoms with Crippen LogP contribution in [0.15, 0.2) is 24.3 Å². The van der Waals surface area contributed by atoms with Crippen LogP contribution < -0.4 is 0 Å². The molecule has 0 aliphatic rings. The summed E-state index contributed by atoms with van der Waals surface area (Å²) in [5.74, 6) is -0.871. The molecular weight excluding hydrogens is 212 g/mol. The van der Waals surface area contributed by atoms with Gasteiger partial charge in [-0.3, -0.25) is 0 Å². The quantitative estimate of drug-likeness (QED) is 0.868. The smallest absolute Gasteiger partial charge is 0.345 e. The van der Waals surface area contributed by atoms with Gasteiger partial charge in [-0.2, -0.15) is 0 Å². The summed E-state index contributed by atoms with van der Waals surface area (Å²) in [6.45, 7) is 0.552. The number of ether oxygens (including phenoxy) is 1. The highest BCUT2D eigenvalue weighted by atomic mass is 32.1. The zero-order valence-electron chi connectivity index (χ0n) is 8.19. The van der Waals surface area contributed by atoms with Crippen LogP contribution in [0.4, 0.5) is 0 Å². The number of carboxylic acids is 1. The highest BCUT2D eigenvalue weighted by Crippen LogP contribution is 2.26. The van der Waals surface area contributed by atoms with Gasteiger partial charge in [0.2, 0.25) is 0 Å². The van der Waals surface area contributed by atoms with E-state index in [2.05, 4.69) is 0 Å². The first-order valence-electron chi connectivity index (χ1n) is 4.45. The third-order valence-electron chi connectivity index (χ3n) is 2.11. The second-order valence-corrected chi connectivity index (χ2v) is 4.30. The monoisotopic (exact) mass is 222 g/mol. The number of aromatic carboxylic acids is 1. The molecule has 0 aliphatic carbocycles. The Morgan fingerprint density at radius 3 is 2.93 bits per heavy atom. The molecule has 0 radical (unpaired) electrons. The molecule has 0 fully saturated rings. The van der Waals surface area contributed by atoms with Gasteiger partial charge in [-0.05, 0) is 23.1 Å². The Bertz CT molecular complexity index is 502. The van der Waals surface area contributed by atoms with Crippen LogP contribution in [0.5, 0.6) is 0 Å². The third-order valence-corrected chi connectivity index (χ3v) is 3.19. The summed E-state index contributed by atoms with van der Waals surface area (Å²) in [4.78, 5) is 11.1. The van der Waals surface area contributed by atoms with E-state index in [1.165, 1.54) is 11.3 Å². The number of rotatable bonds is 3. The summed E-state index contributed by atoms with van der Waals surface area (Å²) < 4.78 is 6.01. The van der Waals surface area contributed by atoms with Gasteiger partial charge >= 0.3 is 5.97 Å². The van der Waals surface area contributed by atoms with E-state index in [0.29, 0.717) is 11.5 Å². The molecule has 1 heterocycles. The predicted molar refractivity (Wildman–Crippen MR) is 59.5 cm³/mol. The Morgan fingerprint density at radius 1 is 1.47 bits per heavy atom. The highest BCUT2D eigenvalue weighted by Gasteiger charge is 2.08. The fourth-order valence-corrected chi connectivity index (χ4v) is 2.40. The van der Waals surface area contributed by atoms with Gasteiger partial charge in [0, 0.05) is 11.8 Å². The number of carbonyl (C=O) groups is 1. The van der Waals surface area contributed by atoms with Crippen molar-refractivity contribution < 1.29 is 14.6 Å². The molecule has 0 amide bonds. The van der Waals surface area contributed by atoms with Crippen LogP contribution in [0, 0.1) is 0 Å². The van der Waals surface area contributed by atoms with Crippen molar-refractivity contribution >= 4 is 27.4 Å². The van der Waals surface area contributed by atoms with Gasteiger partial charge in [-0.25, -0.2) is 4.79 Å². The highest BCUT2D eigenvalue weighted by molar-refractivity contribution is 7.20. The minimum Gasteiger partial charge on any atom is -0.477 e.